The summed E-state index contributed by atoms with van der Waals surface area (Å²) < 4.78 is 5.20. The fourth-order valence-electron chi connectivity index (χ4n) is 1.67. The van der Waals surface area contributed by atoms with Gasteiger partial charge in [0.1, 0.15) is 5.75 Å². The van der Waals surface area contributed by atoms with E-state index in [9.17, 15) is 5.11 Å². The van der Waals surface area contributed by atoms with Gasteiger partial charge in [0.05, 0.1) is 13.2 Å². The quantitative estimate of drug-likeness (QED) is 0.776. The standard InChI is InChI=1S/C13H21NO2/c1-4-13(14-9-10(2)15)11-6-5-7-12(8-11)16-3/h5-8,10,13-15H,4,9H2,1-3H3. The van der Waals surface area contributed by atoms with Crippen molar-refractivity contribution in [2.24, 2.45) is 0 Å². The second-order valence-corrected chi connectivity index (χ2v) is 3.99. The average Bonchev–Trinajstić information content (AvgIpc) is 2.30. The van der Waals surface area contributed by atoms with E-state index in [2.05, 4.69) is 18.3 Å². The zero-order valence-electron chi connectivity index (χ0n) is 10.2. The van der Waals surface area contributed by atoms with Crippen LogP contribution in [0.5, 0.6) is 5.75 Å². The van der Waals surface area contributed by atoms with E-state index < -0.39 is 0 Å². The van der Waals surface area contributed by atoms with Crippen LogP contribution in [-0.2, 0) is 0 Å². The van der Waals surface area contributed by atoms with Crippen molar-refractivity contribution in [1.82, 2.24) is 5.32 Å². The Labute approximate surface area is 97.4 Å². The minimum absolute atomic E-state index is 0.268. The third-order valence-corrected chi connectivity index (χ3v) is 2.56. The van der Waals surface area contributed by atoms with Crippen LogP contribution in [0.4, 0.5) is 0 Å². The molecule has 90 valence electrons. The predicted molar refractivity (Wildman–Crippen MR) is 65.7 cm³/mol. The number of hydrogen-bond acceptors (Lipinski definition) is 3. The smallest absolute Gasteiger partial charge is 0.119 e. The lowest BCUT2D eigenvalue weighted by molar-refractivity contribution is 0.185. The molecule has 0 aliphatic heterocycles. The van der Waals surface area contributed by atoms with Crippen molar-refractivity contribution in [3.8, 4) is 5.75 Å². The zero-order chi connectivity index (χ0) is 12.0. The summed E-state index contributed by atoms with van der Waals surface area (Å²) >= 11 is 0. The summed E-state index contributed by atoms with van der Waals surface area (Å²) in [7, 11) is 1.67. The van der Waals surface area contributed by atoms with Crippen molar-refractivity contribution in [2.45, 2.75) is 32.4 Å². The van der Waals surface area contributed by atoms with Gasteiger partial charge < -0.3 is 15.2 Å². The van der Waals surface area contributed by atoms with Crippen LogP contribution < -0.4 is 10.1 Å². The maximum absolute atomic E-state index is 9.26. The van der Waals surface area contributed by atoms with Gasteiger partial charge in [-0.05, 0) is 31.0 Å². The highest BCUT2D eigenvalue weighted by Gasteiger charge is 2.10. The Morgan fingerprint density at radius 2 is 2.19 bits per heavy atom. The first-order chi connectivity index (χ1) is 7.67. The molecule has 0 amide bonds. The largest absolute Gasteiger partial charge is 0.497 e. The molecule has 1 aromatic rings. The van der Waals surface area contributed by atoms with Crippen molar-refractivity contribution in [1.29, 1.82) is 0 Å². The Kier molecular flexibility index (Phi) is 5.29. The number of nitrogens with one attached hydrogen (secondary N) is 1. The highest BCUT2D eigenvalue weighted by atomic mass is 16.5. The van der Waals surface area contributed by atoms with E-state index in [1.165, 1.54) is 5.56 Å². The topological polar surface area (TPSA) is 41.5 Å². The number of aliphatic hydroxyl groups is 1. The van der Waals surface area contributed by atoms with Crippen molar-refractivity contribution < 1.29 is 9.84 Å². The number of benzene rings is 1. The average molecular weight is 223 g/mol. The third kappa shape index (κ3) is 3.83. The second kappa shape index (κ2) is 6.51. The summed E-state index contributed by atoms with van der Waals surface area (Å²) in [5.41, 5.74) is 1.20. The molecule has 0 aliphatic carbocycles. The molecule has 0 spiro atoms. The molecule has 3 heteroatoms. The molecule has 0 saturated heterocycles. The van der Waals surface area contributed by atoms with Gasteiger partial charge in [0, 0.05) is 12.6 Å². The first-order valence-corrected chi connectivity index (χ1v) is 5.72. The minimum Gasteiger partial charge on any atom is -0.497 e. The fraction of sp³-hybridized carbons (Fsp3) is 0.538. The molecular formula is C13H21NO2. The van der Waals surface area contributed by atoms with Crippen molar-refractivity contribution in [3.05, 3.63) is 29.8 Å². The Hall–Kier alpha value is -1.06. The van der Waals surface area contributed by atoms with Gasteiger partial charge in [-0.3, -0.25) is 0 Å². The Balaban J connectivity index is 2.70. The van der Waals surface area contributed by atoms with Crippen molar-refractivity contribution in [3.63, 3.8) is 0 Å². The van der Waals surface area contributed by atoms with E-state index in [0.29, 0.717) is 6.54 Å². The van der Waals surface area contributed by atoms with E-state index in [-0.39, 0.29) is 12.1 Å². The highest BCUT2D eigenvalue weighted by molar-refractivity contribution is 5.30. The molecule has 1 rings (SSSR count). The third-order valence-electron chi connectivity index (χ3n) is 2.56. The Morgan fingerprint density at radius 3 is 2.75 bits per heavy atom. The number of rotatable bonds is 6. The van der Waals surface area contributed by atoms with E-state index in [4.69, 9.17) is 4.74 Å². The summed E-state index contributed by atoms with van der Waals surface area (Å²) in [4.78, 5) is 0. The maximum atomic E-state index is 9.26. The highest BCUT2D eigenvalue weighted by Crippen LogP contribution is 2.21. The molecular weight excluding hydrogens is 202 g/mol. The van der Waals surface area contributed by atoms with Crippen LogP contribution in [0.3, 0.4) is 0 Å². The summed E-state index contributed by atoms with van der Waals surface area (Å²) in [6.45, 7) is 4.51. The number of methoxy groups -OCH3 is 1. The second-order valence-electron chi connectivity index (χ2n) is 3.99. The first-order valence-electron chi connectivity index (χ1n) is 5.72. The van der Waals surface area contributed by atoms with Crippen LogP contribution in [0.2, 0.25) is 0 Å². The van der Waals surface area contributed by atoms with Gasteiger partial charge in [-0.2, -0.15) is 0 Å². The molecule has 0 aliphatic rings. The van der Waals surface area contributed by atoms with Gasteiger partial charge in [-0.15, -0.1) is 0 Å². The van der Waals surface area contributed by atoms with Crippen molar-refractivity contribution >= 4 is 0 Å². The molecule has 3 nitrogen and oxygen atoms in total. The SMILES string of the molecule is CCC(NCC(C)O)c1cccc(OC)c1. The van der Waals surface area contributed by atoms with Gasteiger partial charge in [0.2, 0.25) is 0 Å². The van der Waals surface area contributed by atoms with E-state index in [0.717, 1.165) is 12.2 Å². The molecule has 0 radical (unpaired) electrons. The summed E-state index contributed by atoms with van der Waals surface area (Å²) in [6, 6.07) is 8.30. The molecule has 16 heavy (non-hydrogen) atoms. The number of aliphatic hydroxyl groups excluding tert-OH is 1. The van der Waals surface area contributed by atoms with Crippen LogP contribution in [0.1, 0.15) is 31.9 Å². The lowest BCUT2D eigenvalue weighted by atomic mass is 10.0. The van der Waals surface area contributed by atoms with Crippen molar-refractivity contribution in [2.75, 3.05) is 13.7 Å². The first kappa shape index (κ1) is 13.0. The van der Waals surface area contributed by atoms with Gasteiger partial charge in [-0.1, -0.05) is 19.1 Å². The molecule has 0 bridgehead atoms. The summed E-state index contributed by atoms with van der Waals surface area (Å²) in [5, 5.41) is 12.6. The maximum Gasteiger partial charge on any atom is 0.119 e. The van der Waals surface area contributed by atoms with Gasteiger partial charge in [0.15, 0.2) is 0 Å². The van der Waals surface area contributed by atoms with E-state index in [1.807, 2.05) is 18.2 Å². The Morgan fingerprint density at radius 1 is 1.44 bits per heavy atom. The monoisotopic (exact) mass is 223 g/mol. The fourth-order valence-corrected chi connectivity index (χ4v) is 1.67. The van der Waals surface area contributed by atoms with Crippen LogP contribution >= 0.6 is 0 Å². The predicted octanol–water partition coefficient (Wildman–Crippen LogP) is 2.12. The lowest BCUT2D eigenvalue weighted by Crippen LogP contribution is -2.28. The molecule has 2 N–H and O–H groups in total. The lowest BCUT2D eigenvalue weighted by Gasteiger charge is -2.19. The zero-order valence-corrected chi connectivity index (χ0v) is 10.2. The number of ether oxygens (including phenoxy) is 1. The van der Waals surface area contributed by atoms with Gasteiger partial charge >= 0.3 is 0 Å². The van der Waals surface area contributed by atoms with Crippen LogP contribution in [-0.4, -0.2) is 24.9 Å². The summed E-state index contributed by atoms with van der Waals surface area (Å²) in [5.74, 6) is 0.870. The van der Waals surface area contributed by atoms with Crippen LogP contribution in [0.25, 0.3) is 0 Å². The van der Waals surface area contributed by atoms with E-state index in [1.54, 1.807) is 14.0 Å². The molecule has 1 aromatic carbocycles. The van der Waals surface area contributed by atoms with Crippen LogP contribution in [0.15, 0.2) is 24.3 Å². The van der Waals surface area contributed by atoms with E-state index >= 15 is 0 Å². The van der Waals surface area contributed by atoms with Gasteiger partial charge in [-0.25, -0.2) is 0 Å². The molecule has 2 atom stereocenters. The van der Waals surface area contributed by atoms with Gasteiger partial charge in [0.25, 0.3) is 0 Å². The number of hydrogen-bond donors (Lipinski definition) is 2. The van der Waals surface area contributed by atoms with Crippen LogP contribution in [0, 0.1) is 0 Å². The molecule has 0 fully saturated rings. The molecule has 0 aromatic heterocycles. The molecule has 0 heterocycles. The minimum atomic E-state index is -0.320. The Bertz CT molecular complexity index is 313. The molecule has 0 saturated carbocycles. The molecule has 2 unspecified atom stereocenters. The normalized spacial score (nSPS) is 14.5. The summed E-state index contributed by atoms with van der Waals surface area (Å²) in [6.07, 6.45) is 0.666.